The fourth-order valence-electron chi connectivity index (χ4n) is 2.58. The summed E-state index contributed by atoms with van der Waals surface area (Å²) >= 11 is 0. The molecule has 2 aromatic carbocycles. The zero-order valence-electron chi connectivity index (χ0n) is 14.5. The number of carbonyl (C=O) groups is 1. The number of amides is 2. The van der Waals surface area contributed by atoms with E-state index in [1.807, 2.05) is 55.5 Å². The summed E-state index contributed by atoms with van der Waals surface area (Å²) < 4.78 is 1.69. The number of anilines is 1. The smallest absolute Gasteiger partial charge is 0.319 e. The van der Waals surface area contributed by atoms with Gasteiger partial charge in [-0.3, -0.25) is 4.79 Å². The second kappa shape index (κ2) is 8.11. The molecular formula is C20H20N4O2. The average molecular weight is 348 g/mol. The molecule has 6 heteroatoms. The van der Waals surface area contributed by atoms with E-state index in [1.165, 1.54) is 6.07 Å². The van der Waals surface area contributed by atoms with E-state index in [9.17, 15) is 9.59 Å². The van der Waals surface area contributed by atoms with Crippen molar-refractivity contribution in [2.75, 3.05) is 11.9 Å². The van der Waals surface area contributed by atoms with Crippen molar-refractivity contribution in [1.29, 1.82) is 0 Å². The highest BCUT2D eigenvalue weighted by atomic mass is 16.2. The lowest BCUT2D eigenvalue weighted by Crippen LogP contribution is -2.28. The predicted molar refractivity (Wildman–Crippen MR) is 102 cm³/mol. The van der Waals surface area contributed by atoms with Crippen LogP contribution in [0, 0.1) is 0 Å². The van der Waals surface area contributed by atoms with Gasteiger partial charge >= 0.3 is 6.03 Å². The maximum Gasteiger partial charge on any atom is 0.319 e. The van der Waals surface area contributed by atoms with Crippen LogP contribution in [0.15, 0.2) is 71.7 Å². The van der Waals surface area contributed by atoms with Crippen molar-refractivity contribution in [3.05, 3.63) is 88.3 Å². The fraction of sp³-hybridized carbons (Fsp3) is 0.150. The molecule has 1 aromatic heterocycles. The van der Waals surface area contributed by atoms with Crippen LogP contribution in [0.2, 0.25) is 0 Å². The highest BCUT2D eigenvalue weighted by molar-refractivity contribution is 5.89. The fourth-order valence-corrected chi connectivity index (χ4v) is 2.58. The van der Waals surface area contributed by atoms with Crippen LogP contribution in [0.4, 0.5) is 10.5 Å². The number of hydrogen-bond acceptors (Lipinski definition) is 3. The molecule has 0 aliphatic rings. The van der Waals surface area contributed by atoms with Crippen molar-refractivity contribution in [1.82, 2.24) is 15.1 Å². The Labute approximate surface area is 151 Å². The summed E-state index contributed by atoms with van der Waals surface area (Å²) in [6, 6.07) is 18.3. The van der Waals surface area contributed by atoms with Crippen LogP contribution in [-0.4, -0.2) is 22.4 Å². The number of carbonyl (C=O) groups excluding carboxylic acids is 1. The molecule has 2 amide bonds. The van der Waals surface area contributed by atoms with Gasteiger partial charge in [-0.05, 0) is 36.8 Å². The van der Waals surface area contributed by atoms with Crippen molar-refractivity contribution < 1.29 is 4.79 Å². The van der Waals surface area contributed by atoms with Gasteiger partial charge in [0.15, 0.2) is 0 Å². The first kappa shape index (κ1) is 17.4. The Kier molecular flexibility index (Phi) is 5.43. The van der Waals surface area contributed by atoms with E-state index < -0.39 is 0 Å². The highest BCUT2D eigenvalue weighted by Crippen LogP contribution is 2.13. The first-order valence-corrected chi connectivity index (χ1v) is 8.44. The van der Waals surface area contributed by atoms with Gasteiger partial charge in [-0.15, -0.1) is 0 Å². The number of hydrogen-bond donors (Lipinski definition) is 2. The van der Waals surface area contributed by atoms with Crippen LogP contribution in [0.1, 0.15) is 18.2 Å². The van der Waals surface area contributed by atoms with Gasteiger partial charge in [0.2, 0.25) is 5.43 Å². The standard InChI is InChI=1S/C20H20N4O2/c1-2-21-20(26)22-16-8-6-7-15(13-16)14-18-19(25)11-12-24(23-18)17-9-4-3-5-10-17/h3-13H,2,14H2,1H3,(H2,21,22,26). The van der Waals surface area contributed by atoms with Crippen LogP contribution in [0.5, 0.6) is 0 Å². The van der Waals surface area contributed by atoms with E-state index in [0.717, 1.165) is 11.3 Å². The molecule has 0 saturated carbocycles. The number of urea groups is 1. The summed E-state index contributed by atoms with van der Waals surface area (Å²) in [4.78, 5) is 23.8. The van der Waals surface area contributed by atoms with Gasteiger partial charge in [0.05, 0.1) is 5.69 Å². The Morgan fingerprint density at radius 3 is 2.65 bits per heavy atom. The molecule has 0 bridgehead atoms. The molecule has 6 nitrogen and oxygen atoms in total. The van der Waals surface area contributed by atoms with Gasteiger partial charge in [0, 0.05) is 30.9 Å². The minimum Gasteiger partial charge on any atom is -0.338 e. The van der Waals surface area contributed by atoms with Crippen LogP contribution in [0.25, 0.3) is 5.69 Å². The monoisotopic (exact) mass is 348 g/mol. The molecule has 26 heavy (non-hydrogen) atoms. The quantitative estimate of drug-likeness (QED) is 0.744. The zero-order valence-corrected chi connectivity index (χ0v) is 14.5. The average Bonchev–Trinajstić information content (AvgIpc) is 2.65. The summed E-state index contributed by atoms with van der Waals surface area (Å²) in [6.45, 7) is 2.41. The molecular weight excluding hydrogens is 328 g/mol. The first-order valence-electron chi connectivity index (χ1n) is 8.44. The molecule has 0 fully saturated rings. The third-order valence-electron chi connectivity index (χ3n) is 3.79. The molecule has 0 radical (unpaired) electrons. The summed E-state index contributed by atoms with van der Waals surface area (Å²) in [5.41, 5.74) is 2.80. The van der Waals surface area contributed by atoms with E-state index >= 15 is 0 Å². The minimum absolute atomic E-state index is 0.112. The van der Waals surface area contributed by atoms with Crippen molar-refractivity contribution in [2.24, 2.45) is 0 Å². The molecule has 1 heterocycles. The van der Waals surface area contributed by atoms with Crippen molar-refractivity contribution in [3.8, 4) is 5.69 Å². The van der Waals surface area contributed by atoms with Gasteiger partial charge < -0.3 is 10.6 Å². The van der Waals surface area contributed by atoms with E-state index in [2.05, 4.69) is 15.7 Å². The lowest BCUT2D eigenvalue weighted by Gasteiger charge is -2.09. The van der Waals surface area contributed by atoms with Crippen molar-refractivity contribution in [3.63, 3.8) is 0 Å². The maximum atomic E-state index is 12.2. The SMILES string of the molecule is CCNC(=O)Nc1cccc(Cc2nn(-c3ccccc3)ccc2=O)c1. The van der Waals surface area contributed by atoms with Crippen LogP contribution < -0.4 is 16.1 Å². The minimum atomic E-state index is -0.256. The molecule has 0 aliphatic carbocycles. The van der Waals surface area contributed by atoms with Crippen LogP contribution in [-0.2, 0) is 6.42 Å². The van der Waals surface area contributed by atoms with Crippen molar-refractivity contribution in [2.45, 2.75) is 13.3 Å². The molecule has 3 aromatic rings. The molecule has 3 rings (SSSR count). The first-order chi connectivity index (χ1) is 12.7. The number of rotatable bonds is 5. The Morgan fingerprint density at radius 2 is 1.88 bits per heavy atom. The summed E-state index contributed by atoms with van der Waals surface area (Å²) in [5, 5.41) is 9.91. The Bertz CT molecular complexity index is 951. The molecule has 0 spiro atoms. The molecule has 0 aliphatic heterocycles. The lowest BCUT2D eigenvalue weighted by molar-refractivity contribution is 0.252. The number of nitrogens with zero attached hydrogens (tertiary/aromatic N) is 2. The summed E-state index contributed by atoms with van der Waals surface area (Å²) in [7, 11) is 0. The molecule has 132 valence electrons. The van der Waals surface area contributed by atoms with E-state index in [4.69, 9.17) is 0 Å². The third-order valence-corrected chi connectivity index (χ3v) is 3.79. The zero-order chi connectivity index (χ0) is 18.4. The largest absolute Gasteiger partial charge is 0.338 e. The molecule has 0 atom stereocenters. The van der Waals surface area contributed by atoms with Gasteiger partial charge in [0.1, 0.15) is 5.69 Å². The van der Waals surface area contributed by atoms with Gasteiger partial charge in [0.25, 0.3) is 0 Å². The predicted octanol–water partition coefficient (Wildman–Crippen LogP) is 2.96. The van der Waals surface area contributed by atoms with Crippen molar-refractivity contribution >= 4 is 11.7 Å². The number of nitrogens with one attached hydrogen (secondary N) is 2. The number of aromatic nitrogens is 2. The highest BCUT2D eigenvalue weighted by Gasteiger charge is 2.07. The molecule has 0 saturated heterocycles. The van der Waals surface area contributed by atoms with Crippen LogP contribution in [0.3, 0.4) is 0 Å². The molecule has 2 N–H and O–H groups in total. The second-order valence-electron chi connectivity index (χ2n) is 5.77. The number of para-hydroxylation sites is 1. The Morgan fingerprint density at radius 1 is 1.08 bits per heavy atom. The topological polar surface area (TPSA) is 76.0 Å². The number of benzene rings is 2. The summed E-state index contributed by atoms with van der Waals surface area (Å²) in [6.07, 6.45) is 2.05. The third kappa shape index (κ3) is 4.36. The van der Waals surface area contributed by atoms with Crippen LogP contribution >= 0.6 is 0 Å². The van der Waals surface area contributed by atoms with E-state index in [1.54, 1.807) is 16.9 Å². The molecule has 0 unspecified atom stereocenters. The van der Waals surface area contributed by atoms with E-state index in [0.29, 0.717) is 24.3 Å². The van der Waals surface area contributed by atoms with E-state index in [-0.39, 0.29) is 11.5 Å². The van der Waals surface area contributed by atoms with Gasteiger partial charge in [-0.1, -0.05) is 30.3 Å². The Hall–Kier alpha value is -3.41. The second-order valence-corrected chi connectivity index (χ2v) is 5.77. The van der Waals surface area contributed by atoms with Gasteiger partial charge in [-0.2, -0.15) is 5.10 Å². The Balaban J connectivity index is 1.83. The lowest BCUT2D eigenvalue weighted by atomic mass is 10.1. The van der Waals surface area contributed by atoms with Gasteiger partial charge in [-0.25, -0.2) is 9.48 Å². The normalized spacial score (nSPS) is 10.3. The summed E-state index contributed by atoms with van der Waals surface area (Å²) in [5.74, 6) is 0. The maximum absolute atomic E-state index is 12.2.